The Morgan fingerprint density at radius 2 is 1.64 bits per heavy atom. The van der Waals surface area contributed by atoms with Gasteiger partial charge in [-0.3, -0.25) is 0 Å². The SMILES string of the molecule is CC12NC(=S)N(c3ccccc3)N1C(=S)NC21CCCCC1. The number of hydrogen-bond donors (Lipinski definition) is 2. The smallest absolute Gasteiger partial charge is 0.194 e. The third-order valence-corrected chi connectivity index (χ3v) is 5.89. The summed E-state index contributed by atoms with van der Waals surface area (Å²) in [7, 11) is 0. The van der Waals surface area contributed by atoms with Crippen molar-refractivity contribution in [2.75, 3.05) is 5.01 Å². The molecule has 1 aromatic carbocycles. The van der Waals surface area contributed by atoms with Crippen molar-refractivity contribution in [2.45, 2.75) is 50.2 Å². The molecule has 1 unspecified atom stereocenters. The van der Waals surface area contributed by atoms with E-state index in [2.05, 4.69) is 34.7 Å². The molecule has 1 aromatic rings. The molecule has 1 aliphatic carbocycles. The van der Waals surface area contributed by atoms with Gasteiger partial charge in [-0.25, -0.2) is 10.0 Å². The van der Waals surface area contributed by atoms with Gasteiger partial charge in [0.05, 0.1) is 11.2 Å². The number of hydrogen-bond acceptors (Lipinski definition) is 2. The van der Waals surface area contributed by atoms with E-state index in [0.717, 1.165) is 28.8 Å². The molecule has 6 heteroatoms. The van der Waals surface area contributed by atoms with Gasteiger partial charge in [-0.05, 0) is 56.3 Å². The van der Waals surface area contributed by atoms with Crippen molar-refractivity contribution in [1.29, 1.82) is 0 Å². The number of anilines is 1. The Morgan fingerprint density at radius 1 is 0.955 bits per heavy atom. The molecule has 3 fully saturated rings. The first-order valence-electron chi connectivity index (χ1n) is 7.87. The van der Waals surface area contributed by atoms with Crippen LogP contribution in [-0.2, 0) is 0 Å². The van der Waals surface area contributed by atoms with Crippen LogP contribution in [0.15, 0.2) is 30.3 Å². The monoisotopic (exact) mass is 332 g/mol. The molecule has 2 saturated heterocycles. The van der Waals surface area contributed by atoms with E-state index in [1.165, 1.54) is 19.3 Å². The van der Waals surface area contributed by atoms with E-state index in [1.807, 2.05) is 23.2 Å². The van der Waals surface area contributed by atoms with Gasteiger partial charge in [-0.2, -0.15) is 0 Å². The average molecular weight is 332 g/mol. The number of benzene rings is 1. The predicted octanol–water partition coefficient (Wildman–Crippen LogP) is 2.91. The fraction of sp³-hybridized carbons (Fsp3) is 0.500. The molecule has 3 aliphatic rings. The van der Waals surface area contributed by atoms with Gasteiger partial charge in [-0.1, -0.05) is 37.5 Å². The lowest BCUT2D eigenvalue weighted by Crippen LogP contribution is -2.64. The van der Waals surface area contributed by atoms with Crippen molar-refractivity contribution in [3.8, 4) is 0 Å². The Balaban J connectivity index is 1.78. The van der Waals surface area contributed by atoms with Gasteiger partial charge in [0.1, 0.15) is 0 Å². The van der Waals surface area contributed by atoms with Crippen molar-refractivity contribution in [1.82, 2.24) is 15.6 Å². The highest BCUT2D eigenvalue weighted by Crippen LogP contribution is 2.46. The summed E-state index contributed by atoms with van der Waals surface area (Å²) in [5, 5.41) is 12.9. The van der Waals surface area contributed by atoms with Gasteiger partial charge < -0.3 is 10.6 Å². The first kappa shape index (κ1) is 14.2. The summed E-state index contributed by atoms with van der Waals surface area (Å²) >= 11 is 11.3. The van der Waals surface area contributed by atoms with Crippen LogP contribution >= 0.6 is 24.4 Å². The van der Waals surface area contributed by atoms with Crippen LogP contribution in [0.5, 0.6) is 0 Å². The quantitative estimate of drug-likeness (QED) is 0.769. The van der Waals surface area contributed by atoms with Crippen molar-refractivity contribution in [2.24, 2.45) is 0 Å². The number of thiocarbonyl (C=S) groups is 2. The molecule has 4 rings (SSSR count). The predicted molar refractivity (Wildman–Crippen MR) is 96.4 cm³/mol. The zero-order valence-corrected chi connectivity index (χ0v) is 14.3. The van der Waals surface area contributed by atoms with Crippen LogP contribution in [0.3, 0.4) is 0 Å². The van der Waals surface area contributed by atoms with E-state index in [9.17, 15) is 0 Å². The fourth-order valence-electron chi connectivity index (χ4n) is 4.17. The number of para-hydroxylation sites is 1. The Hall–Kier alpha value is -1.40. The zero-order chi connectivity index (χ0) is 15.4. The molecule has 22 heavy (non-hydrogen) atoms. The first-order chi connectivity index (χ1) is 10.6. The minimum atomic E-state index is -0.294. The van der Waals surface area contributed by atoms with Crippen molar-refractivity contribution in [3.05, 3.63) is 30.3 Å². The van der Waals surface area contributed by atoms with Gasteiger partial charge in [0.2, 0.25) is 0 Å². The van der Waals surface area contributed by atoms with Crippen LogP contribution < -0.4 is 15.6 Å². The summed E-state index contributed by atoms with van der Waals surface area (Å²) in [5.41, 5.74) is 0.716. The summed E-state index contributed by atoms with van der Waals surface area (Å²) in [6, 6.07) is 10.2. The summed E-state index contributed by atoms with van der Waals surface area (Å²) in [4.78, 5) is 0. The number of nitrogens with zero attached hydrogens (tertiary/aromatic N) is 2. The highest BCUT2D eigenvalue weighted by Gasteiger charge is 2.64. The topological polar surface area (TPSA) is 30.5 Å². The van der Waals surface area contributed by atoms with Crippen molar-refractivity contribution < 1.29 is 0 Å². The third-order valence-electron chi connectivity index (χ3n) is 5.34. The maximum absolute atomic E-state index is 5.69. The number of rotatable bonds is 1. The second-order valence-electron chi connectivity index (χ2n) is 6.53. The molecule has 0 aromatic heterocycles. The fourth-order valence-corrected chi connectivity index (χ4v) is 5.02. The van der Waals surface area contributed by atoms with Gasteiger partial charge in [0.15, 0.2) is 15.9 Å². The van der Waals surface area contributed by atoms with Crippen molar-refractivity contribution in [3.63, 3.8) is 0 Å². The summed E-state index contributed by atoms with van der Waals surface area (Å²) in [5.74, 6) is 0. The maximum Gasteiger partial charge on any atom is 0.194 e. The third kappa shape index (κ3) is 1.74. The van der Waals surface area contributed by atoms with E-state index < -0.39 is 0 Å². The molecule has 1 saturated carbocycles. The molecule has 1 spiro atoms. The minimum Gasteiger partial charge on any atom is -0.351 e. The van der Waals surface area contributed by atoms with E-state index in [0.29, 0.717) is 0 Å². The van der Waals surface area contributed by atoms with E-state index in [4.69, 9.17) is 24.4 Å². The van der Waals surface area contributed by atoms with Crippen LogP contribution in [0, 0.1) is 0 Å². The van der Waals surface area contributed by atoms with E-state index >= 15 is 0 Å². The summed E-state index contributed by atoms with van der Waals surface area (Å²) in [6.07, 6.45) is 6.02. The van der Waals surface area contributed by atoms with Crippen LogP contribution in [0.25, 0.3) is 0 Å². The molecule has 2 heterocycles. The van der Waals surface area contributed by atoms with Gasteiger partial charge >= 0.3 is 0 Å². The zero-order valence-electron chi connectivity index (χ0n) is 12.6. The Bertz CT molecular complexity index is 626. The molecule has 4 nitrogen and oxygen atoms in total. The molecule has 0 amide bonds. The molecule has 2 N–H and O–H groups in total. The Labute approximate surface area is 141 Å². The number of hydrazine groups is 1. The number of nitrogens with one attached hydrogen (secondary N) is 2. The van der Waals surface area contributed by atoms with Crippen molar-refractivity contribution >= 4 is 40.3 Å². The summed E-state index contributed by atoms with van der Waals surface area (Å²) < 4.78 is 0. The molecule has 2 aliphatic heterocycles. The second-order valence-corrected chi connectivity index (χ2v) is 7.31. The van der Waals surface area contributed by atoms with Crippen LogP contribution in [-0.4, -0.2) is 26.4 Å². The van der Waals surface area contributed by atoms with Crippen LogP contribution in [0.2, 0.25) is 0 Å². The standard InChI is InChI=1S/C16H20N4S2/c1-15-16(10-6-3-7-11-16)18-14(22)20(15)19(13(21)17-15)12-8-4-2-5-9-12/h2,4-5,8-9H,3,6-7,10-11H2,1H3,(H,17,21)(H,18,22). The van der Waals surface area contributed by atoms with Crippen LogP contribution in [0.4, 0.5) is 5.69 Å². The highest BCUT2D eigenvalue weighted by atomic mass is 32.1. The second kappa shape index (κ2) is 4.80. The first-order valence-corrected chi connectivity index (χ1v) is 8.69. The average Bonchev–Trinajstić information content (AvgIpc) is 2.90. The molecule has 1 atom stereocenters. The molecule has 116 valence electrons. The van der Waals surface area contributed by atoms with E-state index in [1.54, 1.807) is 0 Å². The largest absolute Gasteiger partial charge is 0.351 e. The van der Waals surface area contributed by atoms with Gasteiger partial charge in [0, 0.05) is 0 Å². The molecule has 0 radical (unpaired) electrons. The van der Waals surface area contributed by atoms with Gasteiger partial charge in [0.25, 0.3) is 0 Å². The molecule has 0 bridgehead atoms. The number of fused-ring (bicyclic) bond motifs is 2. The Morgan fingerprint density at radius 3 is 2.32 bits per heavy atom. The normalized spacial score (nSPS) is 29.5. The van der Waals surface area contributed by atoms with Crippen LogP contribution in [0.1, 0.15) is 39.0 Å². The lowest BCUT2D eigenvalue weighted by molar-refractivity contribution is 0.0933. The lowest BCUT2D eigenvalue weighted by Gasteiger charge is -2.44. The highest BCUT2D eigenvalue weighted by molar-refractivity contribution is 7.81. The molecular formula is C16H20N4S2. The Kier molecular flexibility index (Phi) is 3.10. The summed E-state index contributed by atoms with van der Waals surface area (Å²) in [6.45, 7) is 2.22. The molecular weight excluding hydrogens is 312 g/mol. The maximum atomic E-state index is 5.69. The lowest BCUT2D eigenvalue weighted by atomic mass is 9.74. The minimum absolute atomic E-state index is 0.0318. The van der Waals surface area contributed by atoms with E-state index in [-0.39, 0.29) is 11.2 Å². The van der Waals surface area contributed by atoms with Gasteiger partial charge in [-0.15, -0.1) is 0 Å².